The molecule has 25 heavy (non-hydrogen) atoms. The minimum absolute atomic E-state index is 0.0631. The van der Waals surface area contributed by atoms with E-state index >= 15 is 0 Å². The van der Waals surface area contributed by atoms with Gasteiger partial charge in [0.15, 0.2) is 5.96 Å². The van der Waals surface area contributed by atoms with E-state index in [1.807, 2.05) is 0 Å². The fraction of sp³-hybridized carbons (Fsp3) is 0.941. The monoisotopic (exact) mass is 376 g/mol. The van der Waals surface area contributed by atoms with Crippen LogP contribution in [0.5, 0.6) is 0 Å². The Bertz CT molecular complexity index is 500. The molecule has 0 aromatic carbocycles. The van der Waals surface area contributed by atoms with Gasteiger partial charge in [0.05, 0.1) is 19.0 Å². The second kappa shape index (κ2) is 11.0. The molecule has 8 heteroatoms. The molecule has 1 aliphatic heterocycles. The third-order valence-electron chi connectivity index (χ3n) is 4.43. The van der Waals surface area contributed by atoms with E-state index in [0.29, 0.717) is 38.8 Å². The van der Waals surface area contributed by atoms with Crippen LogP contribution >= 0.6 is 0 Å². The second-order valence-corrected chi connectivity index (χ2v) is 9.39. The maximum absolute atomic E-state index is 12.3. The molecule has 0 radical (unpaired) electrons. The minimum Gasteiger partial charge on any atom is -0.379 e. The van der Waals surface area contributed by atoms with Crippen LogP contribution in [0.15, 0.2) is 4.99 Å². The SMILES string of the molecule is CCCCCC(C)(C)CNC(=NC)NCCS(=O)(=O)N1CCOCC1. The fourth-order valence-corrected chi connectivity index (χ4v) is 4.06. The maximum atomic E-state index is 12.3. The highest BCUT2D eigenvalue weighted by Gasteiger charge is 2.24. The molecule has 1 heterocycles. The summed E-state index contributed by atoms with van der Waals surface area (Å²) in [6.07, 6.45) is 4.88. The van der Waals surface area contributed by atoms with Gasteiger partial charge in [-0.1, -0.05) is 40.0 Å². The van der Waals surface area contributed by atoms with Gasteiger partial charge in [-0.2, -0.15) is 4.31 Å². The van der Waals surface area contributed by atoms with Crippen molar-refractivity contribution in [1.82, 2.24) is 14.9 Å². The van der Waals surface area contributed by atoms with Gasteiger partial charge in [-0.15, -0.1) is 0 Å². The molecule has 0 unspecified atom stereocenters. The standard InChI is InChI=1S/C17H36N4O3S/c1-5-6-7-8-17(2,3)15-20-16(18-4)19-9-14-25(22,23)21-10-12-24-13-11-21/h5-15H2,1-4H3,(H2,18,19,20). The van der Waals surface area contributed by atoms with Gasteiger partial charge in [-0.25, -0.2) is 8.42 Å². The number of hydrogen-bond donors (Lipinski definition) is 2. The zero-order chi connectivity index (χ0) is 18.8. The number of sulfonamides is 1. The maximum Gasteiger partial charge on any atom is 0.215 e. The molecule has 0 aliphatic carbocycles. The number of nitrogens with one attached hydrogen (secondary N) is 2. The Morgan fingerprint density at radius 2 is 1.88 bits per heavy atom. The molecular weight excluding hydrogens is 340 g/mol. The van der Waals surface area contributed by atoms with Crippen molar-refractivity contribution >= 4 is 16.0 Å². The van der Waals surface area contributed by atoms with Gasteiger partial charge in [0, 0.05) is 33.2 Å². The van der Waals surface area contributed by atoms with E-state index in [-0.39, 0.29) is 11.2 Å². The quantitative estimate of drug-likeness (QED) is 0.342. The number of hydrogen-bond acceptors (Lipinski definition) is 4. The van der Waals surface area contributed by atoms with Crippen molar-refractivity contribution in [3.63, 3.8) is 0 Å². The van der Waals surface area contributed by atoms with E-state index in [2.05, 4.69) is 36.4 Å². The first-order valence-corrected chi connectivity index (χ1v) is 10.9. The van der Waals surface area contributed by atoms with Crippen LogP contribution in [-0.2, 0) is 14.8 Å². The number of unbranched alkanes of at least 4 members (excludes halogenated alkanes) is 2. The summed E-state index contributed by atoms with van der Waals surface area (Å²) in [5.41, 5.74) is 0.187. The highest BCUT2D eigenvalue weighted by Crippen LogP contribution is 2.22. The topological polar surface area (TPSA) is 83.0 Å². The van der Waals surface area contributed by atoms with E-state index in [0.717, 1.165) is 13.0 Å². The minimum atomic E-state index is -3.24. The van der Waals surface area contributed by atoms with Crippen LogP contribution in [0.25, 0.3) is 0 Å². The van der Waals surface area contributed by atoms with Crippen molar-refractivity contribution in [2.75, 3.05) is 52.2 Å². The average Bonchev–Trinajstić information content (AvgIpc) is 2.58. The Morgan fingerprint density at radius 1 is 1.20 bits per heavy atom. The molecule has 0 amide bonds. The largest absolute Gasteiger partial charge is 0.379 e. The van der Waals surface area contributed by atoms with Crippen LogP contribution in [0.2, 0.25) is 0 Å². The molecule has 7 nitrogen and oxygen atoms in total. The molecule has 148 valence electrons. The second-order valence-electron chi connectivity index (χ2n) is 7.30. The Morgan fingerprint density at radius 3 is 2.48 bits per heavy atom. The van der Waals surface area contributed by atoms with Crippen molar-refractivity contribution in [2.24, 2.45) is 10.4 Å². The molecular formula is C17H36N4O3S. The van der Waals surface area contributed by atoms with Crippen molar-refractivity contribution in [1.29, 1.82) is 0 Å². The number of morpholine rings is 1. The van der Waals surface area contributed by atoms with Crippen LogP contribution in [0.4, 0.5) is 0 Å². The molecule has 0 bridgehead atoms. The average molecular weight is 377 g/mol. The molecule has 0 saturated carbocycles. The molecule has 0 aromatic rings. The van der Waals surface area contributed by atoms with E-state index in [4.69, 9.17) is 4.74 Å². The summed E-state index contributed by atoms with van der Waals surface area (Å²) in [5, 5.41) is 6.42. The number of aliphatic imine (C=N–C) groups is 1. The lowest BCUT2D eigenvalue weighted by atomic mass is 9.87. The smallest absolute Gasteiger partial charge is 0.215 e. The Kier molecular flexibility index (Phi) is 9.74. The summed E-state index contributed by atoms with van der Waals surface area (Å²) >= 11 is 0. The van der Waals surface area contributed by atoms with Crippen molar-refractivity contribution < 1.29 is 13.2 Å². The Hall–Kier alpha value is -0.860. The number of guanidine groups is 1. The van der Waals surface area contributed by atoms with E-state index < -0.39 is 10.0 Å². The normalized spacial score (nSPS) is 17.5. The molecule has 2 N–H and O–H groups in total. The van der Waals surface area contributed by atoms with Gasteiger partial charge in [-0.3, -0.25) is 4.99 Å². The summed E-state index contributed by atoms with van der Waals surface area (Å²) in [5.74, 6) is 0.717. The summed E-state index contributed by atoms with van der Waals surface area (Å²) < 4.78 is 31.3. The van der Waals surface area contributed by atoms with Crippen LogP contribution in [0, 0.1) is 5.41 Å². The third kappa shape index (κ3) is 8.87. The molecule has 0 spiro atoms. The van der Waals surface area contributed by atoms with Gasteiger partial charge >= 0.3 is 0 Å². The van der Waals surface area contributed by atoms with E-state index in [1.54, 1.807) is 7.05 Å². The zero-order valence-corrected chi connectivity index (χ0v) is 17.1. The van der Waals surface area contributed by atoms with Crippen LogP contribution in [0.3, 0.4) is 0 Å². The first kappa shape index (κ1) is 22.2. The summed E-state index contributed by atoms with van der Waals surface area (Å²) in [6.45, 7) is 9.69. The van der Waals surface area contributed by atoms with Crippen LogP contribution in [0.1, 0.15) is 46.5 Å². The predicted octanol–water partition coefficient (Wildman–Crippen LogP) is 1.42. The van der Waals surface area contributed by atoms with Gasteiger partial charge in [0.1, 0.15) is 0 Å². The highest BCUT2D eigenvalue weighted by atomic mass is 32.2. The van der Waals surface area contributed by atoms with Crippen molar-refractivity contribution in [3.05, 3.63) is 0 Å². The van der Waals surface area contributed by atoms with Gasteiger partial charge < -0.3 is 15.4 Å². The zero-order valence-electron chi connectivity index (χ0n) is 16.3. The Labute approximate surface area is 153 Å². The van der Waals surface area contributed by atoms with Gasteiger partial charge in [-0.05, 0) is 11.8 Å². The molecule has 1 aliphatic rings. The van der Waals surface area contributed by atoms with Gasteiger partial charge in [0.25, 0.3) is 0 Å². The van der Waals surface area contributed by atoms with Crippen molar-refractivity contribution in [2.45, 2.75) is 46.5 Å². The molecule has 0 atom stereocenters. The molecule has 1 saturated heterocycles. The predicted molar refractivity (Wildman–Crippen MR) is 103 cm³/mol. The van der Waals surface area contributed by atoms with Crippen LogP contribution in [-0.4, -0.2) is 70.9 Å². The molecule has 1 fully saturated rings. The van der Waals surface area contributed by atoms with Gasteiger partial charge in [0.2, 0.25) is 10.0 Å². The lowest BCUT2D eigenvalue weighted by Gasteiger charge is -2.27. The highest BCUT2D eigenvalue weighted by molar-refractivity contribution is 7.89. The first-order valence-electron chi connectivity index (χ1n) is 9.31. The molecule has 0 aromatic heterocycles. The lowest BCUT2D eigenvalue weighted by Crippen LogP contribution is -2.46. The van der Waals surface area contributed by atoms with E-state index in [1.165, 1.54) is 23.6 Å². The number of ether oxygens (including phenoxy) is 1. The van der Waals surface area contributed by atoms with Crippen LogP contribution < -0.4 is 10.6 Å². The lowest BCUT2D eigenvalue weighted by molar-refractivity contribution is 0.0730. The summed E-state index contributed by atoms with van der Waals surface area (Å²) in [7, 11) is -1.53. The fourth-order valence-electron chi connectivity index (χ4n) is 2.74. The Balaban J connectivity index is 2.34. The summed E-state index contributed by atoms with van der Waals surface area (Å²) in [6, 6.07) is 0. The number of rotatable bonds is 10. The molecule has 1 rings (SSSR count). The summed E-state index contributed by atoms with van der Waals surface area (Å²) in [4.78, 5) is 4.19. The third-order valence-corrected chi connectivity index (χ3v) is 6.30. The van der Waals surface area contributed by atoms with Crippen molar-refractivity contribution in [3.8, 4) is 0 Å². The number of nitrogens with zero attached hydrogens (tertiary/aromatic N) is 2. The van der Waals surface area contributed by atoms with E-state index in [9.17, 15) is 8.42 Å². The first-order chi connectivity index (χ1) is 11.8.